The largest absolute Gasteiger partial charge is 0.394 e. The van der Waals surface area contributed by atoms with Crippen molar-refractivity contribution in [3.05, 3.63) is 0 Å². The first-order valence-electron chi connectivity index (χ1n) is 3.27. The SMILES string of the molecule is C[C@@H](N)C(=O)C(O)C(O)CO. The molecule has 0 aromatic rings. The van der Waals surface area contributed by atoms with Gasteiger partial charge in [-0.1, -0.05) is 0 Å². The standard InChI is InChI=1S/C6H13NO4/c1-3(7)5(10)6(11)4(9)2-8/h3-4,6,8-9,11H,2,7H2,1H3/t3-,4?,6?/m1/s1. The molecule has 0 aliphatic heterocycles. The van der Waals surface area contributed by atoms with Gasteiger partial charge in [-0.15, -0.1) is 0 Å². The lowest BCUT2D eigenvalue weighted by Gasteiger charge is -2.15. The van der Waals surface area contributed by atoms with Crippen molar-refractivity contribution in [2.75, 3.05) is 6.61 Å². The second-order valence-corrected chi connectivity index (χ2v) is 2.39. The molecule has 5 N–H and O–H groups in total. The Bertz CT molecular complexity index is 137. The Labute approximate surface area is 64.4 Å². The van der Waals surface area contributed by atoms with Gasteiger partial charge in [-0.05, 0) is 6.92 Å². The zero-order valence-electron chi connectivity index (χ0n) is 6.27. The maximum atomic E-state index is 10.8. The molecule has 0 aromatic heterocycles. The topological polar surface area (TPSA) is 104 Å². The van der Waals surface area contributed by atoms with Crippen LogP contribution in [0.3, 0.4) is 0 Å². The summed E-state index contributed by atoms with van der Waals surface area (Å²) in [6, 6.07) is -0.828. The van der Waals surface area contributed by atoms with Crippen molar-refractivity contribution in [2.24, 2.45) is 5.73 Å². The molecule has 0 amide bonds. The van der Waals surface area contributed by atoms with Crippen LogP contribution in [0, 0.1) is 0 Å². The van der Waals surface area contributed by atoms with E-state index in [0.717, 1.165) is 0 Å². The third-order valence-corrected chi connectivity index (χ3v) is 1.29. The van der Waals surface area contributed by atoms with Gasteiger partial charge in [-0.2, -0.15) is 0 Å². The second kappa shape index (κ2) is 4.40. The van der Waals surface area contributed by atoms with E-state index in [9.17, 15) is 4.79 Å². The summed E-state index contributed by atoms with van der Waals surface area (Å²) in [7, 11) is 0. The van der Waals surface area contributed by atoms with E-state index in [4.69, 9.17) is 21.1 Å². The summed E-state index contributed by atoms with van der Waals surface area (Å²) in [6.07, 6.45) is -3.02. The number of aliphatic hydroxyl groups excluding tert-OH is 3. The fourth-order valence-electron chi connectivity index (χ4n) is 0.559. The molecule has 2 unspecified atom stereocenters. The predicted octanol–water partition coefficient (Wildman–Crippen LogP) is -2.38. The normalized spacial score (nSPS) is 19.0. The Morgan fingerprint density at radius 1 is 1.55 bits per heavy atom. The van der Waals surface area contributed by atoms with Crippen molar-refractivity contribution in [2.45, 2.75) is 25.2 Å². The molecule has 0 saturated carbocycles. The van der Waals surface area contributed by atoms with Gasteiger partial charge in [0.1, 0.15) is 12.2 Å². The van der Waals surface area contributed by atoms with Crippen LogP contribution in [0.15, 0.2) is 0 Å². The molecule has 5 nitrogen and oxygen atoms in total. The molecule has 0 saturated heterocycles. The lowest BCUT2D eigenvalue weighted by Crippen LogP contribution is -2.44. The summed E-state index contributed by atoms with van der Waals surface area (Å²) in [4.78, 5) is 10.8. The van der Waals surface area contributed by atoms with Crippen LogP contribution in [0.2, 0.25) is 0 Å². The smallest absolute Gasteiger partial charge is 0.180 e. The van der Waals surface area contributed by atoms with Crippen LogP contribution in [-0.4, -0.2) is 46.0 Å². The lowest BCUT2D eigenvalue weighted by atomic mass is 10.1. The van der Waals surface area contributed by atoms with E-state index in [-0.39, 0.29) is 0 Å². The summed E-state index contributed by atoms with van der Waals surface area (Å²) in [5.74, 6) is -0.674. The molecule has 0 radical (unpaired) electrons. The maximum absolute atomic E-state index is 10.8. The third-order valence-electron chi connectivity index (χ3n) is 1.29. The van der Waals surface area contributed by atoms with Crippen LogP contribution in [0.25, 0.3) is 0 Å². The molecule has 0 bridgehead atoms. The number of rotatable bonds is 4. The van der Waals surface area contributed by atoms with Crippen LogP contribution in [0.5, 0.6) is 0 Å². The maximum Gasteiger partial charge on any atom is 0.180 e. The zero-order chi connectivity index (χ0) is 9.02. The zero-order valence-corrected chi connectivity index (χ0v) is 6.27. The van der Waals surface area contributed by atoms with Gasteiger partial charge >= 0.3 is 0 Å². The van der Waals surface area contributed by atoms with Crippen molar-refractivity contribution >= 4 is 5.78 Å². The summed E-state index contributed by atoms with van der Waals surface area (Å²) in [6.45, 7) is 0.745. The number of carbonyl (C=O) groups excluding carboxylic acids is 1. The molecule has 0 spiro atoms. The number of Topliss-reactive ketones (excluding diaryl/α,β-unsaturated/α-hetero) is 1. The van der Waals surface area contributed by atoms with Gasteiger partial charge < -0.3 is 21.1 Å². The van der Waals surface area contributed by atoms with Gasteiger partial charge in [0.2, 0.25) is 0 Å². The number of nitrogens with two attached hydrogens (primary N) is 1. The monoisotopic (exact) mass is 163 g/mol. The summed E-state index contributed by atoms with van der Waals surface area (Å²) in [5.41, 5.74) is 5.13. The van der Waals surface area contributed by atoms with Gasteiger partial charge in [0.15, 0.2) is 5.78 Å². The van der Waals surface area contributed by atoms with E-state index >= 15 is 0 Å². The number of hydrogen-bond donors (Lipinski definition) is 4. The van der Waals surface area contributed by atoms with Crippen LogP contribution >= 0.6 is 0 Å². The van der Waals surface area contributed by atoms with Crippen molar-refractivity contribution < 1.29 is 20.1 Å². The minimum atomic E-state index is -1.58. The molecule has 0 aliphatic rings. The average molecular weight is 163 g/mol. The van der Waals surface area contributed by atoms with Crippen LogP contribution < -0.4 is 5.73 Å². The Morgan fingerprint density at radius 3 is 2.27 bits per heavy atom. The number of hydrogen-bond acceptors (Lipinski definition) is 5. The van der Waals surface area contributed by atoms with Crippen molar-refractivity contribution in [3.8, 4) is 0 Å². The second-order valence-electron chi connectivity index (χ2n) is 2.39. The molecular weight excluding hydrogens is 150 g/mol. The quantitative estimate of drug-likeness (QED) is 0.370. The van der Waals surface area contributed by atoms with Gasteiger partial charge in [0.25, 0.3) is 0 Å². The van der Waals surface area contributed by atoms with Crippen molar-refractivity contribution in [1.29, 1.82) is 0 Å². The van der Waals surface area contributed by atoms with E-state index in [1.54, 1.807) is 0 Å². The van der Waals surface area contributed by atoms with Gasteiger partial charge in [0, 0.05) is 0 Å². The molecule has 0 heterocycles. The number of aliphatic hydroxyl groups is 3. The molecular formula is C6H13NO4. The number of ketones is 1. The van der Waals surface area contributed by atoms with E-state index in [2.05, 4.69) is 0 Å². The summed E-state index contributed by atoms with van der Waals surface area (Å²) < 4.78 is 0. The minimum Gasteiger partial charge on any atom is -0.394 e. The predicted molar refractivity (Wildman–Crippen MR) is 37.8 cm³/mol. The van der Waals surface area contributed by atoms with Gasteiger partial charge in [-0.3, -0.25) is 4.79 Å². The van der Waals surface area contributed by atoms with Crippen LogP contribution in [0.1, 0.15) is 6.92 Å². The summed E-state index contributed by atoms with van der Waals surface area (Å²) in [5, 5.41) is 26.0. The highest BCUT2D eigenvalue weighted by Crippen LogP contribution is 1.96. The first kappa shape index (κ1) is 10.5. The van der Waals surface area contributed by atoms with Crippen molar-refractivity contribution in [1.82, 2.24) is 0 Å². The molecule has 0 rings (SSSR count). The Kier molecular flexibility index (Phi) is 4.20. The third kappa shape index (κ3) is 2.94. The number of carbonyl (C=O) groups is 1. The first-order valence-corrected chi connectivity index (χ1v) is 3.27. The molecule has 11 heavy (non-hydrogen) atoms. The van der Waals surface area contributed by atoms with Crippen LogP contribution in [0.4, 0.5) is 0 Å². The van der Waals surface area contributed by atoms with E-state index in [0.29, 0.717) is 0 Å². The van der Waals surface area contributed by atoms with E-state index < -0.39 is 30.6 Å². The Morgan fingerprint density at radius 2 is 2.00 bits per heavy atom. The fourth-order valence-corrected chi connectivity index (χ4v) is 0.559. The highest BCUT2D eigenvalue weighted by atomic mass is 16.4. The van der Waals surface area contributed by atoms with E-state index in [1.165, 1.54) is 6.92 Å². The Hall–Kier alpha value is -0.490. The van der Waals surface area contributed by atoms with E-state index in [1.807, 2.05) is 0 Å². The van der Waals surface area contributed by atoms with Crippen LogP contribution in [-0.2, 0) is 4.79 Å². The highest BCUT2D eigenvalue weighted by Gasteiger charge is 2.25. The molecule has 0 aromatic carbocycles. The molecule has 0 fully saturated rings. The fraction of sp³-hybridized carbons (Fsp3) is 0.833. The van der Waals surface area contributed by atoms with Gasteiger partial charge in [0.05, 0.1) is 12.6 Å². The molecule has 0 aliphatic carbocycles. The minimum absolute atomic E-state index is 0.653. The summed E-state index contributed by atoms with van der Waals surface area (Å²) >= 11 is 0. The first-order chi connectivity index (χ1) is 5.00. The molecule has 5 heteroatoms. The van der Waals surface area contributed by atoms with Gasteiger partial charge in [-0.25, -0.2) is 0 Å². The lowest BCUT2D eigenvalue weighted by molar-refractivity contribution is -0.135. The molecule has 3 atom stereocenters. The average Bonchev–Trinajstić information content (AvgIpc) is 2.00. The Balaban J connectivity index is 4.02. The highest BCUT2D eigenvalue weighted by molar-refractivity contribution is 5.87. The molecule has 66 valence electrons. The van der Waals surface area contributed by atoms with Crippen molar-refractivity contribution in [3.63, 3.8) is 0 Å².